The summed E-state index contributed by atoms with van der Waals surface area (Å²) >= 11 is 0. The summed E-state index contributed by atoms with van der Waals surface area (Å²) in [7, 11) is 0. The lowest BCUT2D eigenvalue weighted by atomic mass is 9.99. The summed E-state index contributed by atoms with van der Waals surface area (Å²) < 4.78 is 0. The zero-order valence-electron chi connectivity index (χ0n) is 47.5. The Hall–Kier alpha value is -9.56. The highest BCUT2D eigenvalue weighted by atomic mass is 16.6. The minimum Gasteiger partial charge on any atom is -0.508 e. The first-order chi connectivity index (χ1) is 41.1. The lowest BCUT2D eigenvalue weighted by molar-refractivity contribution is -0.384. The van der Waals surface area contributed by atoms with Gasteiger partial charge in [0.05, 0.1) is 23.2 Å². The van der Waals surface area contributed by atoms with Crippen LogP contribution in [-0.4, -0.2) is 140 Å². The number of aromatic amines is 1. The highest BCUT2D eigenvalue weighted by Gasteiger charge is 2.37. The molecule has 0 aliphatic rings. The number of primary amides is 1. The standard InChI is InChI=1S/C61H74N12O13/c1-35(74)52(54(64)77)71-60(83)50(30-38-15-7-4-8-16-38)70-61(84)53(36(2)75)72-56(79)47(19-11-12-28-62)66-59(82)51(33-41-34-65-46-18-10-9-17-44(41)46)69-58(81)49(32-40-22-26-43(76)27-23-40)68-57(80)48(31-39-20-24-42(25-21-39)73(85)86)67-55(78)45(63)29-37-13-5-3-6-14-37/h3-10,13-18,20-27,34-36,45,47-53,65,74-76H,11-12,19,28-33,62-63H2,1-2H3,(H2,64,77)(H,66,82)(H,67,78)(H,68,80)(H,69,81)(H,70,84)(H,71,83)(H,72,79)/t35-,36-,45-,47+,48+,49+,50+,51-,52+,53+/m1/s1. The van der Waals surface area contributed by atoms with E-state index in [9.17, 15) is 59.0 Å². The number of amides is 8. The summed E-state index contributed by atoms with van der Waals surface area (Å²) in [6.45, 7) is 2.64. The van der Waals surface area contributed by atoms with Crippen LogP contribution in [0.25, 0.3) is 10.9 Å². The van der Waals surface area contributed by atoms with Crippen LogP contribution in [0.15, 0.2) is 140 Å². The van der Waals surface area contributed by atoms with Crippen LogP contribution in [0.4, 0.5) is 5.69 Å². The zero-order chi connectivity index (χ0) is 62.5. The van der Waals surface area contributed by atoms with Gasteiger partial charge in [0.15, 0.2) is 0 Å². The van der Waals surface area contributed by atoms with Gasteiger partial charge in [0, 0.05) is 54.9 Å². The van der Waals surface area contributed by atoms with Crippen molar-refractivity contribution in [3.8, 4) is 5.75 Å². The fraction of sp³-hybridized carbons (Fsp3) is 0.344. The molecule has 0 saturated carbocycles. The molecule has 0 bridgehead atoms. The van der Waals surface area contributed by atoms with E-state index < -0.39 is 113 Å². The number of phenols is 1. The zero-order valence-corrected chi connectivity index (χ0v) is 47.5. The molecule has 10 atom stereocenters. The number of carbonyl (C=O) groups is 8. The van der Waals surface area contributed by atoms with Crippen molar-refractivity contribution >= 4 is 63.8 Å². The first kappa shape index (κ1) is 65.6. The molecule has 6 aromatic rings. The minimum atomic E-state index is -1.76. The van der Waals surface area contributed by atoms with Gasteiger partial charge in [0.2, 0.25) is 47.3 Å². The summed E-state index contributed by atoms with van der Waals surface area (Å²) in [6, 6.07) is 23.8. The summed E-state index contributed by atoms with van der Waals surface area (Å²) in [6.07, 6.45) is -1.52. The number of rotatable bonds is 32. The van der Waals surface area contributed by atoms with E-state index in [1.807, 2.05) is 0 Å². The highest BCUT2D eigenvalue weighted by Crippen LogP contribution is 2.21. The molecule has 17 N–H and O–H groups in total. The number of fused-ring (bicyclic) bond motifs is 1. The quantitative estimate of drug-likeness (QED) is 0.0154. The summed E-state index contributed by atoms with van der Waals surface area (Å²) in [5, 5.41) is 61.9. The molecule has 5 aromatic carbocycles. The Kier molecular flexibility index (Phi) is 24.3. The van der Waals surface area contributed by atoms with Gasteiger partial charge in [0.1, 0.15) is 48.0 Å². The van der Waals surface area contributed by atoms with Crippen molar-refractivity contribution in [3.05, 3.63) is 178 Å². The number of nitrogens with two attached hydrogens (primary N) is 3. The van der Waals surface area contributed by atoms with Crippen molar-refractivity contribution in [2.75, 3.05) is 6.54 Å². The van der Waals surface area contributed by atoms with E-state index >= 15 is 4.79 Å². The number of benzene rings is 5. The van der Waals surface area contributed by atoms with Crippen LogP contribution in [0.3, 0.4) is 0 Å². The van der Waals surface area contributed by atoms with Crippen LogP contribution in [0.1, 0.15) is 60.9 Å². The van der Waals surface area contributed by atoms with Crippen molar-refractivity contribution in [2.45, 2.75) is 126 Å². The molecule has 0 saturated heterocycles. The highest BCUT2D eigenvalue weighted by molar-refractivity contribution is 5.98. The Labute approximate surface area is 495 Å². The van der Waals surface area contributed by atoms with Crippen molar-refractivity contribution in [2.24, 2.45) is 17.2 Å². The maximum atomic E-state index is 15.0. The molecule has 0 radical (unpaired) electrons. The van der Waals surface area contributed by atoms with Gasteiger partial charge in [0.25, 0.3) is 5.69 Å². The molecule has 0 aliphatic heterocycles. The number of nitro benzene ring substituents is 1. The number of hydrogen-bond acceptors (Lipinski definition) is 15. The number of nitrogens with zero attached hydrogens (tertiary/aromatic N) is 1. The van der Waals surface area contributed by atoms with E-state index in [2.05, 4.69) is 42.2 Å². The second-order valence-corrected chi connectivity index (χ2v) is 21.0. The third-order valence-corrected chi connectivity index (χ3v) is 14.2. The average molecular weight is 1180 g/mol. The van der Waals surface area contributed by atoms with Gasteiger partial charge in [-0.05, 0) is 92.1 Å². The predicted octanol–water partition coefficient (Wildman–Crippen LogP) is 0.392. The van der Waals surface area contributed by atoms with Crippen molar-refractivity contribution in [1.29, 1.82) is 0 Å². The third-order valence-electron chi connectivity index (χ3n) is 14.2. The van der Waals surface area contributed by atoms with Gasteiger partial charge >= 0.3 is 0 Å². The Balaban J connectivity index is 1.30. The Morgan fingerprint density at radius 2 is 0.930 bits per heavy atom. The Bertz CT molecular complexity index is 3270. The fourth-order valence-corrected chi connectivity index (χ4v) is 9.49. The Morgan fingerprint density at radius 1 is 0.512 bits per heavy atom. The van der Waals surface area contributed by atoms with E-state index in [4.69, 9.17) is 17.2 Å². The average Bonchev–Trinajstić information content (AvgIpc) is 2.97. The van der Waals surface area contributed by atoms with Gasteiger partial charge in [-0.15, -0.1) is 0 Å². The third kappa shape index (κ3) is 19.5. The van der Waals surface area contributed by atoms with Gasteiger partial charge in [-0.3, -0.25) is 48.5 Å². The first-order valence-corrected chi connectivity index (χ1v) is 28.0. The number of nitro groups is 1. The number of phenolic OH excluding ortho intramolecular Hbond substituents is 1. The van der Waals surface area contributed by atoms with Crippen LogP contribution < -0.4 is 54.4 Å². The Morgan fingerprint density at radius 3 is 1.44 bits per heavy atom. The number of aromatic nitrogens is 1. The largest absolute Gasteiger partial charge is 0.508 e. The number of para-hydroxylation sites is 1. The van der Waals surface area contributed by atoms with Crippen LogP contribution in [0.5, 0.6) is 5.75 Å². The molecule has 0 fully saturated rings. The molecule has 0 spiro atoms. The van der Waals surface area contributed by atoms with Crippen LogP contribution in [-0.2, 0) is 70.5 Å². The number of aliphatic hydroxyl groups excluding tert-OH is 2. The van der Waals surface area contributed by atoms with Gasteiger partial charge in [-0.25, -0.2) is 0 Å². The summed E-state index contributed by atoms with van der Waals surface area (Å²) in [5.74, 6) is -7.48. The number of hydrogen-bond donors (Lipinski definition) is 14. The van der Waals surface area contributed by atoms with Crippen LogP contribution >= 0.6 is 0 Å². The maximum absolute atomic E-state index is 15.0. The topological polar surface area (TPSA) is 418 Å². The molecule has 0 aliphatic carbocycles. The molecule has 6 rings (SSSR count). The van der Waals surface area contributed by atoms with E-state index in [-0.39, 0.29) is 62.9 Å². The molecule has 25 heteroatoms. The summed E-state index contributed by atoms with van der Waals surface area (Å²) in [5.41, 5.74) is 20.8. The smallest absolute Gasteiger partial charge is 0.269 e. The van der Waals surface area contributed by atoms with E-state index in [1.165, 1.54) is 62.4 Å². The predicted molar refractivity (Wildman–Crippen MR) is 318 cm³/mol. The number of aliphatic hydroxyl groups is 2. The van der Waals surface area contributed by atoms with Crippen LogP contribution in [0, 0.1) is 10.1 Å². The molecule has 86 heavy (non-hydrogen) atoms. The molecule has 25 nitrogen and oxygen atoms in total. The monoisotopic (exact) mass is 1180 g/mol. The second kappa shape index (κ2) is 31.9. The lowest BCUT2D eigenvalue weighted by Crippen LogP contribution is -2.62. The second-order valence-electron chi connectivity index (χ2n) is 21.0. The molecule has 456 valence electrons. The van der Waals surface area contributed by atoms with E-state index in [1.54, 1.807) is 91.1 Å². The number of unbranched alkanes of at least 4 members (excludes halogenated alkanes) is 1. The SMILES string of the molecule is C[C@@H](O)[C@H](NC(=O)[C@H](Cc1ccccc1)NC(=O)[C@@H](NC(=O)[C@H](CCCCN)NC(=O)[C@@H](Cc1c[nH]c2ccccc12)NC(=O)[C@H](Cc1ccc(O)cc1)NC(=O)[C@H](Cc1ccc([N+](=O)[O-])cc1)NC(=O)[C@H](N)Cc1ccccc1)[C@@H](C)O)C(N)=O. The number of non-ortho nitro benzene ring substituents is 1. The number of aromatic hydroxyl groups is 1. The van der Waals surface area contributed by atoms with Gasteiger partial charge < -0.3 is 74.7 Å². The number of H-pyrrole nitrogens is 1. The van der Waals surface area contributed by atoms with Crippen LogP contribution in [0.2, 0.25) is 0 Å². The molecular weight excluding hydrogens is 1110 g/mol. The van der Waals surface area contributed by atoms with E-state index in [0.29, 0.717) is 39.6 Å². The van der Waals surface area contributed by atoms with Crippen molar-refractivity contribution in [3.63, 3.8) is 0 Å². The van der Waals surface area contributed by atoms with Crippen molar-refractivity contribution < 1.29 is 58.6 Å². The van der Waals surface area contributed by atoms with Crippen molar-refractivity contribution in [1.82, 2.24) is 42.2 Å². The normalized spacial score (nSPS) is 14.7. The lowest BCUT2D eigenvalue weighted by Gasteiger charge is -2.29. The van der Waals surface area contributed by atoms with Gasteiger partial charge in [-0.1, -0.05) is 103 Å². The number of carbonyl (C=O) groups excluding carboxylic acids is 8. The number of nitrogens with one attached hydrogen (secondary N) is 8. The molecule has 0 unspecified atom stereocenters. The molecule has 1 heterocycles. The maximum Gasteiger partial charge on any atom is 0.269 e. The molecular formula is C61H74N12O13. The van der Waals surface area contributed by atoms with E-state index in [0.717, 1.165) is 5.56 Å². The fourth-order valence-electron chi connectivity index (χ4n) is 9.49. The first-order valence-electron chi connectivity index (χ1n) is 28.0. The molecule has 8 amide bonds. The summed E-state index contributed by atoms with van der Waals surface area (Å²) in [4.78, 5) is 127. The van der Waals surface area contributed by atoms with Gasteiger partial charge in [-0.2, -0.15) is 0 Å². The molecule has 1 aromatic heterocycles. The minimum absolute atomic E-state index is 0.0695.